The molecule has 1 rings (SSSR count). The van der Waals surface area contributed by atoms with Crippen LogP contribution >= 0.6 is 0 Å². The topological polar surface area (TPSA) is 77.9 Å². The van der Waals surface area contributed by atoms with E-state index in [4.69, 9.17) is 5.11 Å². The van der Waals surface area contributed by atoms with Crippen LogP contribution in [0.25, 0.3) is 0 Å². The molecule has 15 heavy (non-hydrogen) atoms. The van der Waals surface area contributed by atoms with Crippen LogP contribution in [-0.4, -0.2) is 58.9 Å². The first-order valence-electron chi connectivity index (χ1n) is 4.82. The third-order valence-corrected chi connectivity index (χ3v) is 2.33. The Balaban J connectivity index is 2.51. The monoisotopic (exact) mass is 214 g/mol. The molecule has 6 nitrogen and oxygen atoms in total. The zero-order valence-corrected chi connectivity index (χ0v) is 8.60. The fourth-order valence-electron chi connectivity index (χ4n) is 1.43. The van der Waals surface area contributed by atoms with E-state index in [0.29, 0.717) is 6.54 Å². The number of aliphatic carboxylic acids is 1. The van der Waals surface area contributed by atoms with Gasteiger partial charge in [-0.25, -0.2) is 0 Å². The highest BCUT2D eigenvalue weighted by atomic mass is 16.4. The lowest BCUT2D eigenvalue weighted by atomic mass is 10.2. The highest BCUT2D eigenvalue weighted by Crippen LogP contribution is 2.05. The third kappa shape index (κ3) is 2.93. The SMILES string of the molecule is CCN1CC(=O)N(CCC(=O)O)CC1=O. The summed E-state index contributed by atoms with van der Waals surface area (Å²) < 4.78 is 0. The van der Waals surface area contributed by atoms with Gasteiger partial charge in [0.15, 0.2) is 0 Å². The molecule has 0 aromatic carbocycles. The lowest BCUT2D eigenvalue weighted by Crippen LogP contribution is -2.53. The van der Waals surface area contributed by atoms with Crippen molar-refractivity contribution in [3.05, 3.63) is 0 Å². The van der Waals surface area contributed by atoms with Gasteiger partial charge in [0.2, 0.25) is 11.8 Å². The van der Waals surface area contributed by atoms with Gasteiger partial charge in [-0.15, -0.1) is 0 Å². The molecule has 0 bridgehead atoms. The van der Waals surface area contributed by atoms with E-state index < -0.39 is 5.97 Å². The molecule has 0 aromatic rings. The zero-order valence-electron chi connectivity index (χ0n) is 8.60. The van der Waals surface area contributed by atoms with Gasteiger partial charge in [-0.3, -0.25) is 14.4 Å². The molecular weight excluding hydrogens is 200 g/mol. The van der Waals surface area contributed by atoms with Crippen LogP contribution in [0.15, 0.2) is 0 Å². The quantitative estimate of drug-likeness (QED) is 0.661. The van der Waals surface area contributed by atoms with Crippen molar-refractivity contribution in [1.29, 1.82) is 0 Å². The van der Waals surface area contributed by atoms with Gasteiger partial charge < -0.3 is 14.9 Å². The van der Waals surface area contributed by atoms with Crippen molar-refractivity contribution in [1.82, 2.24) is 9.80 Å². The number of nitrogens with zero attached hydrogens (tertiary/aromatic N) is 2. The average Bonchev–Trinajstić information content (AvgIpc) is 2.18. The predicted octanol–water partition coefficient (Wildman–Crippen LogP) is -0.848. The van der Waals surface area contributed by atoms with Crippen molar-refractivity contribution >= 4 is 17.8 Å². The first kappa shape index (κ1) is 11.5. The lowest BCUT2D eigenvalue weighted by Gasteiger charge is -2.32. The summed E-state index contributed by atoms with van der Waals surface area (Å²) >= 11 is 0. The molecule has 1 aliphatic heterocycles. The Morgan fingerprint density at radius 2 is 1.80 bits per heavy atom. The van der Waals surface area contributed by atoms with Crippen LogP contribution in [0.5, 0.6) is 0 Å². The maximum absolute atomic E-state index is 11.5. The summed E-state index contributed by atoms with van der Waals surface area (Å²) in [4.78, 5) is 35.9. The molecule has 0 spiro atoms. The fourth-order valence-corrected chi connectivity index (χ4v) is 1.43. The summed E-state index contributed by atoms with van der Waals surface area (Å²) in [6, 6.07) is 0. The second-order valence-electron chi connectivity index (χ2n) is 3.37. The molecule has 0 aromatic heterocycles. The Hall–Kier alpha value is -1.59. The maximum Gasteiger partial charge on any atom is 0.305 e. The van der Waals surface area contributed by atoms with Crippen molar-refractivity contribution < 1.29 is 19.5 Å². The van der Waals surface area contributed by atoms with E-state index in [1.54, 1.807) is 6.92 Å². The molecule has 0 radical (unpaired) electrons. The van der Waals surface area contributed by atoms with Crippen LogP contribution in [0.4, 0.5) is 0 Å². The van der Waals surface area contributed by atoms with Gasteiger partial charge in [0.1, 0.15) is 0 Å². The molecule has 0 atom stereocenters. The number of rotatable bonds is 4. The minimum atomic E-state index is -0.965. The second-order valence-corrected chi connectivity index (χ2v) is 3.37. The summed E-state index contributed by atoms with van der Waals surface area (Å²) in [6.07, 6.45) is -0.120. The number of likely N-dealkylation sites (N-methyl/N-ethyl adjacent to an activating group) is 1. The molecule has 1 aliphatic rings. The molecule has 1 heterocycles. The van der Waals surface area contributed by atoms with Crippen LogP contribution in [0.1, 0.15) is 13.3 Å². The predicted molar refractivity (Wildman–Crippen MR) is 51.1 cm³/mol. The molecule has 6 heteroatoms. The number of carbonyl (C=O) groups is 3. The number of carboxylic acids is 1. The lowest BCUT2D eigenvalue weighted by molar-refractivity contribution is -0.150. The van der Waals surface area contributed by atoms with Crippen molar-refractivity contribution in [2.75, 3.05) is 26.2 Å². The molecular formula is C9H14N2O4. The van der Waals surface area contributed by atoms with Crippen LogP contribution in [0, 0.1) is 0 Å². The molecule has 0 saturated carbocycles. The Morgan fingerprint density at radius 3 is 2.33 bits per heavy atom. The fraction of sp³-hybridized carbons (Fsp3) is 0.667. The molecule has 84 valence electrons. The summed E-state index contributed by atoms with van der Waals surface area (Å²) in [5.74, 6) is -1.27. The first-order chi connectivity index (χ1) is 7.04. The summed E-state index contributed by atoms with van der Waals surface area (Å²) in [6.45, 7) is 2.49. The van der Waals surface area contributed by atoms with Gasteiger partial charge in [0, 0.05) is 13.1 Å². The summed E-state index contributed by atoms with van der Waals surface area (Å²) in [7, 11) is 0. The van der Waals surface area contributed by atoms with E-state index in [9.17, 15) is 14.4 Å². The number of hydrogen-bond donors (Lipinski definition) is 1. The van der Waals surface area contributed by atoms with E-state index in [2.05, 4.69) is 0 Å². The Morgan fingerprint density at radius 1 is 1.27 bits per heavy atom. The van der Waals surface area contributed by atoms with Gasteiger partial charge in [0.25, 0.3) is 0 Å². The molecule has 1 fully saturated rings. The largest absolute Gasteiger partial charge is 0.481 e. The van der Waals surface area contributed by atoms with E-state index in [0.717, 1.165) is 0 Å². The van der Waals surface area contributed by atoms with Crippen molar-refractivity contribution in [3.63, 3.8) is 0 Å². The number of hydrogen-bond acceptors (Lipinski definition) is 3. The van der Waals surface area contributed by atoms with Crippen LogP contribution in [-0.2, 0) is 14.4 Å². The van der Waals surface area contributed by atoms with Crippen molar-refractivity contribution in [2.45, 2.75) is 13.3 Å². The van der Waals surface area contributed by atoms with E-state index in [1.165, 1.54) is 9.80 Å². The third-order valence-electron chi connectivity index (χ3n) is 2.33. The number of carboxylic acid groups (broad SMARTS) is 1. The molecule has 0 unspecified atom stereocenters. The standard InChI is InChI=1S/C9H14N2O4/c1-2-10-5-8(13)11(6-7(10)12)4-3-9(14)15/h2-6H2,1H3,(H,14,15). The van der Waals surface area contributed by atoms with E-state index in [1.807, 2.05) is 0 Å². The van der Waals surface area contributed by atoms with E-state index >= 15 is 0 Å². The van der Waals surface area contributed by atoms with Gasteiger partial charge >= 0.3 is 5.97 Å². The Bertz CT molecular complexity index is 290. The summed E-state index contributed by atoms with van der Waals surface area (Å²) in [5.41, 5.74) is 0. The van der Waals surface area contributed by atoms with E-state index in [-0.39, 0.29) is 37.9 Å². The number of carbonyl (C=O) groups excluding carboxylic acids is 2. The van der Waals surface area contributed by atoms with Crippen LogP contribution in [0.2, 0.25) is 0 Å². The second kappa shape index (κ2) is 4.77. The normalized spacial score (nSPS) is 17.1. The Labute approximate surface area is 87.5 Å². The van der Waals surface area contributed by atoms with Crippen molar-refractivity contribution in [3.8, 4) is 0 Å². The molecule has 1 N–H and O–H groups in total. The van der Waals surface area contributed by atoms with Gasteiger partial charge in [-0.1, -0.05) is 0 Å². The van der Waals surface area contributed by atoms with Gasteiger partial charge in [0.05, 0.1) is 19.5 Å². The maximum atomic E-state index is 11.5. The number of piperazine rings is 1. The van der Waals surface area contributed by atoms with Crippen LogP contribution in [0.3, 0.4) is 0 Å². The van der Waals surface area contributed by atoms with Crippen molar-refractivity contribution in [2.24, 2.45) is 0 Å². The highest BCUT2D eigenvalue weighted by Gasteiger charge is 2.28. The van der Waals surface area contributed by atoms with Gasteiger partial charge in [-0.2, -0.15) is 0 Å². The smallest absolute Gasteiger partial charge is 0.305 e. The van der Waals surface area contributed by atoms with Crippen LogP contribution < -0.4 is 0 Å². The van der Waals surface area contributed by atoms with Gasteiger partial charge in [-0.05, 0) is 6.92 Å². The minimum Gasteiger partial charge on any atom is -0.481 e. The number of amides is 2. The average molecular weight is 214 g/mol. The minimum absolute atomic E-state index is 0.0000463. The first-order valence-corrected chi connectivity index (χ1v) is 4.82. The Kier molecular flexibility index (Phi) is 3.65. The zero-order chi connectivity index (χ0) is 11.4. The molecule has 1 saturated heterocycles. The highest BCUT2D eigenvalue weighted by molar-refractivity contribution is 5.92. The molecule has 2 amide bonds. The summed E-state index contributed by atoms with van der Waals surface area (Å²) in [5, 5.41) is 8.46. The molecule has 0 aliphatic carbocycles.